The zero-order valence-corrected chi connectivity index (χ0v) is 20.7. The topological polar surface area (TPSA) is 67.1 Å². The molecule has 0 unspecified atom stereocenters. The number of carbonyl (C=O) groups is 1. The molecule has 8 heteroatoms. The van der Waals surface area contributed by atoms with Gasteiger partial charge in [0.05, 0.1) is 29.5 Å². The number of hydrogen-bond acceptors (Lipinski definition) is 6. The van der Waals surface area contributed by atoms with E-state index in [1.807, 2.05) is 6.07 Å². The van der Waals surface area contributed by atoms with Gasteiger partial charge in [0.1, 0.15) is 10.8 Å². The summed E-state index contributed by atoms with van der Waals surface area (Å²) >= 11 is 5.29. The number of aryl methyl sites for hydroxylation is 1. The Balaban J connectivity index is 1.39. The molecular formula is C24H30BrN3O3S. The fourth-order valence-corrected chi connectivity index (χ4v) is 6.71. The Morgan fingerprint density at radius 3 is 2.75 bits per heavy atom. The number of morpholine rings is 1. The molecule has 0 aromatic carbocycles. The van der Waals surface area contributed by atoms with Crippen molar-refractivity contribution in [2.45, 2.75) is 63.8 Å². The molecule has 0 bridgehead atoms. The van der Waals surface area contributed by atoms with Crippen LogP contribution in [0.4, 0.5) is 10.9 Å². The number of anilines is 1. The van der Waals surface area contributed by atoms with Gasteiger partial charge < -0.3 is 19.4 Å². The molecule has 32 heavy (non-hydrogen) atoms. The summed E-state index contributed by atoms with van der Waals surface area (Å²) < 4.78 is 12.4. The molecule has 0 radical (unpaired) electrons. The fraction of sp³-hybridized carbons (Fsp3) is 0.583. The van der Waals surface area contributed by atoms with Gasteiger partial charge in [0.2, 0.25) is 5.88 Å². The number of nitrogens with zero attached hydrogens (tertiary/aromatic N) is 2. The summed E-state index contributed by atoms with van der Waals surface area (Å²) in [6, 6.07) is 2.24. The highest BCUT2D eigenvalue weighted by Gasteiger charge is 2.27. The Hall–Kier alpha value is -1.64. The first-order valence-corrected chi connectivity index (χ1v) is 13.4. The van der Waals surface area contributed by atoms with Gasteiger partial charge in [-0.2, -0.15) is 0 Å². The second-order valence-corrected chi connectivity index (χ2v) is 10.8. The summed E-state index contributed by atoms with van der Waals surface area (Å²) in [6.45, 7) is 3.03. The van der Waals surface area contributed by atoms with Crippen LogP contribution in [0.3, 0.4) is 0 Å². The number of thiophene rings is 1. The third-order valence-corrected chi connectivity index (χ3v) is 8.38. The van der Waals surface area contributed by atoms with Gasteiger partial charge in [-0.05, 0) is 60.0 Å². The van der Waals surface area contributed by atoms with Gasteiger partial charge in [-0.3, -0.25) is 4.79 Å². The van der Waals surface area contributed by atoms with Crippen LogP contribution in [-0.2, 0) is 17.6 Å². The molecule has 1 N–H and O–H groups in total. The van der Waals surface area contributed by atoms with Crippen LogP contribution in [0.2, 0.25) is 0 Å². The van der Waals surface area contributed by atoms with E-state index in [9.17, 15) is 4.79 Å². The van der Waals surface area contributed by atoms with Crippen LogP contribution in [0.15, 0.2) is 19.9 Å². The van der Waals surface area contributed by atoms with Gasteiger partial charge >= 0.3 is 0 Å². The lowest BCUT2D eigenvalue weighted by Gasteiger charge is -2.26. The van der Waals surface area contributed by atoms with Gasteiger partial charge in [0.15, 0.2) is 0 Å². The van der Waals surface area contributed by atoms with Crippen molar-refractivity contribution in [1.82, 2.24) is 5.32 Å². The molecule has 1 amide bonds. The van der Waals surface area contributed by atoms with Crippen molar-refractivity contribution in [3.63, 3.8) is 0 Å². The molecule has 1 saturated heterocycles. The first-order chi connectivity index (χ1) is 15.7. The quantitative estimate of drug-likeness (QED) is 0.519. The molecule has 0 spiro atoms. The maximum absolute atomic E-state index is 13.3. The molecule has 2 fully saturated rings. The van der Waals surface area contributed by atoms with E-state index in [1.165, 1.54) is 36.1 Å². The van der Waals surface area contributed by atoms with Crippen LogP contribution in [0, 0.1) is 0 Å². The minimum absolute atomic E-state index is 0.0538. The van der Waals surface area contributed by atoms with Crippen molar-refractivity contribution >= 4 is 50.3 Å². The van der Waals surface area contributed by atoms with Gasteiger partial charge in [-0.1, -0.05) is 19.3 Å². The Kier molecular flexibility index (Phi) is 6.99. The molecule has 2 aromatic rings. The summed E-state index contributed by atoms with van der Waals surface area (Å²) in [4.78, 5) is 21.6. The number of aliphatic imine (C=N–C) groups is 1. The molecule has 6 nitrogen and oxygen atoms in total. The Labute approximate surface area is 201 Å². The summed E-state index contributed by atoms with van der Waals surface area (Å²) in [7, 11) is 0. The normalized spacial score (nSPS) is 20.0. The highest BCUT2D eigenvalue weighted by Crippen LogP contribution is 2.40. The van der Waals surface area contributed by atoms with Gasteiger partial charge in [0, 0.05) is 30.1 Å². The maximum atomic E-state index is 13.3. The summed E-state index contributed by atoms with van der Waals surface area (Å²) in [6.07, 6.45) is 12.0. The number of carbonyl (C=O) groups excluding carboxylic acids is 1. The lowest BCUT2D eigenvalue weighted by molar-refractivity contribution is 0.0927. The van der Waals surface area contributed by atoms with E-state index >= 15 is 0 Å². The van der Waals surface area contributed by atoms with Crippen molar-refractivity contribution in [2.75, 3.05) is 31.2 Å². The largest absolute Gasteiger partial charge is 0.438 e. The van der Waals surface area contributed by atoms with Crippen LogP contribution in [0.5, 0.6) is 0 Å². The van der Waals surface area contributed by atoms with Crippen LogP contribution >= 0.6 is 27.3 Å². The summed E-state index contributed by atoms with van der Waals surface area (Å²) in [5.41, 5.74) is 2.02. The summed E-state index contributed by atoms with van der Waals surface area (Å²) in [5.74, 6) is 1.55. The third kappa shape index (κ3) is 4.82. The first-order valence-electron chi connectivity index (χ1n) is 11.8. The van der Waals surface area contributed by atoms with Crippen LogP contribution in [0.1, 0.15) is 71.5 Å². The average Bonchev–Trinajstić information content (AvgIpc) is 3.39. The van der Waals surface area contributed by atoms with E-state index in [4.69, 9.17) is 14.1 Å². The fourth-order valence-electron chi connectivity index (χ4n) is 4.93. The van der Waals surface area contributed by atoms with Crippen LogP contribution in [-0.4, -0.2) is 44.5 Å². The minimum Gasteiger partial charge on any atom is -0.438 e. The second-order valence-electron chi connectivity index (χ2n) is 8.86. The standard InChI is InChI=1S/C24H30BrN3O3S/c25-19-14-17(31-24(19)28-10-12-30-13-11-28)15-26-23-21(18-8-4-5-9-20(18)32-23)22(29)27-16-6-2-1-3-7-16/h14-16H,1-13H2,(H,27,29). The van der Waals surface area contributed by atoms with Crippen molar-refractivity contribution in [1.29, 1.82) is 0 Å². The Morgan fingerprint density at radius 1 is 1.16 bits per heavy atom. The zero-order valence-electron chi connectivity index (χ0n) is 18.3. The lowest BCUT2D eigenvalue weighted by atomic mass is 9.93. The lowest BCUT2D eigenvalue weighted by Crippen LogP contribution is -2.36. The predicted molar refractivity (Wildman–Crippen MR) is 132 cm³/mol. The number of amides is 1. The molecule has 2 aromatic heterocycles. The number of rotatable bonds is 5. The number of halogens is 1. The molecular weight excluding hydrogens is 490 g/mol. The molecule has 1 saturated carbocycles. The van der Waals surface area contributed by atoms with Crippen LogP contribution < -0.4 is 10.2 Å². The van der Waals surface area contributed by atoms with E-state index in [-0.39, 0.29) is 5.91 Å². The predicted octanol–water partition coefficient (Wildman–Crippen LogP) is 5.63. The van der Waals surface area contributed by atoms with E-state index < -0.39 is 0 Å². The molecule has 3 heterocycles. The Morgan fingerprint density at radius 2 is 1.94 bits per heavy atom. The van der Waals surface area contributed by atoms with Gasteiger partial charge in [-0.25, -0.2) is 4.99 Å². The molecule has 1 aliphatic heterocycles. The van der Waals surface area contributed by atoms with E-state index in [2.05, 4.69) is 26.1 Å². The molecule has 0 atom stereocenters. The smallest absolute Gasteiger partial charge is 0.254 e. The number of furan rings is 1. The zero-order chi connectivity index (χ0) is 21.9. The number of ether oxygens (including phenoxy) is 1. The SMILES string of the molecule is O=C(NC1CCCCC1)c1c(N=Cc2cc(Br)c(N3CCOCC3)o2)sc2c1CCCC2. The van der Waals surface area contributed by atoms with Crippen LogP contribution in [0.25, 0.3) is 0 Å². The van der Waals surface area contributed by atoms with Gasteiger partial charge in [0.25, 0.3) is 5.91 Å². The van der Waals surface area contributed by atoms with E-state index in [0.29, 0.717) is 25.0 Å². The first kappa shape index (κ1) is 22.2. The monoisotopic (exact) mass is 519 g/mol. The highest BCUT2D eigenvalue weighted by molar-refractivity contribution is 9.10. The minimum atomic E-state index is 0.0538. The molecule has 172 valence electrons. The Bertz CT molecular complexity index is 987. The molecule has 5 rings (SSSR count). The number of hydrogen-bond donors (Lipinski definition) is 1. The van der Waals surface area contributed by atoms with Crippen molar-refractivity contribution in [3.8, 4) is 0 Å². The third-order valence-electron chi connectivity index (χ3n) is 6.62. The second kappa shape index (κ2) is 10.1. The van der Waals surface area contributed by atoms with Crippen molar-refractivity contribution in [3.05, 3.63) is 32.3 Å². The number of fused-ring (bicyclic) bond motifs is 1. The highest BCUT2D eigenvalue weighted by atomic mass is 79.9. The molecule has 3 aliphatic rings. The number of nitrogens with one attached hydrogen (secondary N) is 1. The molecule has 2 aliphatic carbocycles. The van der Waals surface area contributed by atoms with E-state index in [1.54, 1.807) is 17.6 Å². The van der Waals surface area contributed by atoms with E-state index in [0.717, 1.165) is 66.1 Å². The van der Waals surface area contributed by atoms with Crippen molar-refractivity contribution < 1.29 is 13.9 Å². The summed E-state index contributed by atoms with van der Waals surface area (Å²) in [5, 5.41) is 4.12. The maximum Gasteiger partial charge on any atom is 0.254 e. The van der Waals surface area contributed by atoms with Gasteiger partial charge in [-0.15, -0.1) is 11.3 Å². The van der Waals surface area contributed by atoms with Crippen molar-refractivity contribution in [2.24, 2.45) is 4.99 Å². The average molecular weight is 520 g/mol.